The summed E-state index contributed by atoms with van der Waals surface area (Å²) in [6.45, 7) is 8.45. The first-order chi connectivity index (χ1) is 17.0. The molecule has 180 valence electrons. The number of rotatable bonds is 8. The molecule has 3 aromatic carbocycles. The summed E-state index contributed by atoms with van der Waals surface area (Å²) < 4.78 is 0. The van der Waals surface area contributed by atoms with E-state index in [0.717, 1.165) is 72.9 Å². The standard InChI is InChI=1S/C30H33N3O2/c1-4-7-14-33(15-8-5-2)20-12-13-24-21(16-20)29(34)22-17-27-23(18-26(22)31-24)30(35)28-19(6-3)10-9-11-25(28)32-27/h9-13,16-18H,4-8,14-15H2,1-3H3,(H,31,34)(H,32,35). The van der Waals surface area contributed by atoms with Crippen LogP contribution in [0.25, 0.3) is 43.6 Å². The van der Waals surface area contributed by atoms with Gasteiger partial charge in [-0.1, -0.05) is 45.7 Å². The van der Waals surface area contributed by atoms with Crippen LogP contribution in [0.5, 0.6) is 0 Å². The number of pyridine rings is 2. The fourth-order valence-electron chi connectivity index (χ4n) is 5.11. The lowest BCUT2D eigenvalue weighted by atomic mass is 10.0. The number of nitrogens with one attached hydrogen (secondary N) is 2. The molecule has 35 heavy (non-hydrogen) atoms. The van der Waals surface area contributed by atoms with Crippen molar-refractivity contribution in [3.63, 3.8) is 0 Å². The van der Waals surface area contributed by atoms with Crippen molar-refractivity contribution in [2.75, 3.05) is 18.0 Å². The van der Waals surface area contributed by atoms with Crippen LogP contribution in [0.4, 0.5) is 5.69 Å². The first-order valence-corrected chi connectivity index (χ1v) is 12.9. The van der Waals surface area contributed by atoms with Crippen LogP contribution in [-0.4, -0.2) is 23.1 Å². The number of anilines is 1. The molecule has 0 unspecified atom stereocenters. The number of hydrogen-bond donors (Lipinski definition) is 2. The van der Waals surface area contributed by atoms with E-state index >= 15 is 0 Å². The summed E-state index contributed by atoms with van der Waals surface area (Å²) in [5.74, 6) is 0. The Morgan fingerprint density at radius 1 is 0.686 bits per heavy atom. The second kappa shape index (κ2) is 9.57. The zero-order valence-electron chi connectivity index (χ0n) is 20.8. The topological polar surface area (TPSA) is 69.0 Å². The number of aromatic amines is 2. The van der Waals surface area contributed by atoms with Crippen molar-refractivity contribution in [1.29, 1.82) is 0 Å². The molecule has 0 spiro atoms. The third-order valence-electron chi connectivity index (χ3n) is 7.12. The van der Waals surface area contributed by atoms with E-state index < -0.39 is 0 Å². The number of aromatic nitrogens is 2. The maximum atomic E-state index is 13.7. The fraction of sp³-hybridized carbons (Fsp3) is 0.333. The molecule has 5 aromatic rings. The lowest BCUT2D eigenvalue weighted by Gasteiger charge is -2.25. The zero-order chi connectivity index (χ0) is 24.5. The van der Waals surface area contributed by atoms with Gasteiger partial charge in [0, 0.05) is 45.8 Å². The molecular formula is C30H33N3O2. The van der Waals surface area contributed by atoms with Crippen LogP contribution < -0.4 is 15.8 Å². The van der Waals surface area contributed by atoms with Crippen LogP contribution in [0, 0.1) is 0 Å². The summed E-state index contributed by atoms with van der Waals surface area (Å²) in [4.78, 5) is 36.3. The highest BCUT2D eigenvalue weighted by Gasteiger charge is 2.14. The third-order valence-corrected chi connectivity index (χ3v) is 7.12. The molecule has 0 aliphatic rings. The summed E-state index contributed by atoms with van der Waals surface area (Å²) >= 11 is 0. The molecule has 0 aliphatic heterocycles. The SMILES string of the molecule is CCCCN(CCCC)c1ccc2[nH]c3cc4c(=O)c5c(CC)cccc5[nH]c4cc3c(=O)c2c1. The molecule has 0 fully saturated rings. The molecule has 5 rings (SSSR count). The molecule has 5 nitrogen and oxygen atoms in total. The van der Waals surface area contributed by atoms with Crippen LogP contribution in [0.1, 0.15) is 52.0 Å². The Morgan fingerprint density at radius 2 is 1.31 bits per heavy atom. The first-order valence-electron chi connectivity index (χ1n) is 12.9. The highest BCUT2D eigenvalue weighted by atomic mass is 16.1. The van der Waals surface area contributed by atoms with Crippen molar-refractivity contribution in [2.24, 2.45) is 0 Å². The van der Waals surface area contributed by atoms with E-state index in [1.165, 1.54) is 0 Å². The normalized spacial score (nSPS) is 11.7. The molecule has 0 atom stereocenters. The summed E-state index contributed by atoms with van der Waals surface area (Å²) in [6, 6.07) is 15.7. The van der Waals surface area contributed by atoms with Crippen molar-refractivity contribution in [2.45, 2.75) is 52.9 Å². The van der Waals surface area contributed by atoms with E-state index in [-0.39, 0.29) is 10.9 Å². The first kappa shape index (κ1) is 23.2. The predicted octanol–water partition coefficient (Wildman–Crippen LogP) is 6.65. The lowest BCUT2D eigenvalue weighted by Crippen LogP contribution is -2.25. The van der Waals surface area contributed by atoms with E-state index in [9.17, 15) is 9.59 Å². The van der Waals surface area contributed by atoms with Crippen LogP contribution in [-0.2, 0) is 6.42 Å². The summed E-state index contributed by atoms with van der Waals surface area (Å²) in [7, 11) is 0. The van der Waals surface area contributed by atoms with Gasteiger partial charge in [-0.25, -0.2) is 0 Å². The Kier molecular flexibility index (Phi) is 6.33. The Morgan fingerprint density at radius 3 is 1.97 bits per heavy atom. The van der Waals surface area contributed by atoms with E-state index in [1.54, 1.807) is 0 Å². The number of unbranched alkanes of at least 4 members (excludes halogenated alkanes) is 2. The third kappa shape index (κ3) is 4.09. The van der Waals surface area contributed by atoms with Gasteiger partial charge >= 0.3 is 0 Å². The molecule has 2 heterocycles. The second-order valence-electron chi connectivity index (χ2n) is 9.47. The monoisotopic (exact) mass is 467 g/mol. The summed E-state index contributed by atoms with van der Waals surface area (Å²) in [5, 5.41) is 2.61. The lowest BCUT2D eigenvalue weighted by molar-refractivity contribution is 0.678. The number of fused-ring (bicyclic) bond motifs is 4. The molecule has 0 bridgehead atoms. The van der Waals surface area contributed by atoms with Gasteiger partial charge in [0.05, 0.1) is 16.6 Å². The quantitative estimate of drug-likeness (QED) is 0.251. The van der Waals surface area contributed by atoms with Gasteiger partial charge in [0.1, 0.15) is 0 Å². The van der Waals surface area contributed by atoms with Gasteiger partial charge in [0.15, 0.2) is 10.9 Å². The van der Waals surface area contributed by atoms with E-state index in [2.05, 4.69) is 41.7 Å². The predicted molar refractivity (Wildman–Crippen MR) is 149 cm³/mol. The molecule has 0 radical (unpaired) electrons. The van der Waals surface area contributed by atoms with E-state index in [1.807, 2.05) is 42.5 Å². The Bertz CT molecular complexity index is 1650. The highest BCUT2D eigenvalue weighted by molar-refractivity contribution is 6.03. The summed E-state index contributed by atoms with van der Waals surface area (Å²) in [5.41, 5.74) is 5.11. The van der Waals surface area contributed by atoms with Gasteiger partial charge in [-0.3, -0.25) is 9.59 Å². The Labute approximate surface area is 204 Å². The smallest absolute Gasteiger partial charge is 0.197 e. The van der Waals surface area contributed by atoms with Gasteiger partial charge in [-0.05, 0) is 61.2 Å². The van der Waals surface area contributed by atoms with Crippen molar-refractivity contribution in [3.8, 4) is 0 Å². The Hall–Kier alpha value is -3.60. The van der Waals surface area contributed by atoms with Crippen LogP contribution in [0.2, 0.25) is 0 Å². The minimum Gasteiger partial charge on any atom is -0.372 e. The number of H-pyrrole nitrogens is 2. The van der Waals surface area contributed by atoms with Crippen molar-refractivity contribution in [1.82, 2.24) is 9.97 Å². The largest absolute Gasteiger partial charge is 0.372 e. The van der Waals surface area contributed by atoms with E-state index in [0.29, 0.717) is 27.2 Å². The number of hydrogen-bond acceptors (Lipinski definition) is 3. The molecule has 5 heteroatoms. The zero-order valence-corrected chi connectivity index (χ0v) is 20.8. The minimum absolute atomic E-state index is 0.00637. The van der Waals surface area contributed by atoms with Gasteiger partial charge in [-0.2, -0.15) is 0 Å². The molecule has 2 aromatic heterocycles. The summed E-state index contributed by atoms with van der Waals surface area (Å²) in [6.07, 6.45) is 5.32. The number of benzene rings is 3. The molecule has 0 saturated carbocycles. The fourth-order valence-corrected chi connectivity index (χ4v) is 5.11. The van der Waals surface area contributed by atoms with Crippen molar-refractivity contribution in [3.05, 3.63) is 74.5 Å². The average Bonchev–Trinajstić information content (AvgIpc) is 2.88. The van der Waals surface area contributed by atoms with Crippen LogP contribution in [0.15, 0.2) is 58.1 Å². The number of aryl methyl sites for hydroxylation is 1. The van der Waals surface area contributed by atoms with E-state index in [4.69, 9.17) is 0 Å². The van der Waals surface area contributed by atoms with Gasteiger partial charge in [0.2, 0.25) is 0 Å². The molecule has 0 aliphatic carbocycles. The van der Waals surface area contributed by atoms with Crippen LogP contribution in [0.3, 0.4) is 0 Å². The van der Waals surface area contributed by atoms with Gasteiger partial charge in [0.25, 0.3) is 0 Å². The molecule has 2 N–H and O–H groups in total. The van der Waals surface area contributed by atoms with Crippen molar-refractivity contribution >= 4 is 49.3 Å². The second-order valence-corrected chi connectivity index (χ2v) is 9.47. The highest BCUT2D eigenvalue weighted by Crippen LogP contribution is 2.25. The molecule has 0 saturated heterocycles. The maximum Gasteiger partial charge on any atom is 0.197 e. The minimum atomic E-state index is -0.00770. The number of nitrogens with zero attached hydrogens (tertiary/aromatic N) is 1. The van der Waals surface area contributed by atoms with Gasteiger partial charge < -0.3 is 14.9 Å². The molecular weight excluding hydrogens is 434 g/mol. The molecule has 0 amide bonds. The maximum absolute atomic E-state index is 13.7. The van der Waals surface area contributed by atoms with Crippen LogP contribution >= 0.6 is 0 Å². The Balaban J connectivity index is 1.72. The van der Waals surface area contributed by atoms with Crippen molar-refractivity contribution < 1.29 is 0 Å². The average molecular weight is 468 g/mol. The van der Waals surface area contributed by atoms with Gasteiger partial charge in [-0.15, -0.1) is 0 Å².